The van der Waals surface area contributed by atoms with Crippen LogP contribution in [0.15, 0.2) is 97.1 Å². The van der Waals surface area contributed by atoms with Crippen molar-refractivity contribution in [2.75, 3.05) is 17.7 Å². The number of esters is 1. The summed E-state index contributed by atoms with van der Waals surface area (Å²) in [6, 6.07) is 31.6. The molecule has 52 heavy (non-hydrogen) atoms. The van der Waals surface area contributed by atoms with E-state index < -0.39 is 0 Å². The molecule has 0 spiro atoms. The van der Waals surface area contributed by atoms with Crippen LogP contribution in [-0.4, -0.2) is 28.2 Å². The van der Waals surface area contributed by atoms with Gasteiger partial charge in [0.15, 0.2) is 0 Å². The molecule has 4 aromatic rings. The molecule has 3 N–H and O–H groups in total. The fourth-order valence-electron chi connectivity index (χ4n) is 7.39. The molecule has 0 aliphatic heterocycles. The van der Waals surface area contributed by atoms with Gasteiger partial charge in [-0.05, 0) is 140 Å². The number of carbonyl (C=O) groups is 1. The summed E-state index contributed by atoms with van der Waals surface area (Å²) >= 11 is 23.1. The Bertz CT molecular complexity index is 1770. The zero-order valence-electron chi connectivity index (χ0n) is 29.7. The molecule has 5 nitrogen and oxygen atoms in total. The average molecular weight is 776 g/mol. The lowest BCUT2D eigenvalue weighted by Gasteiger charge is -2.29. The fourth-order valence-corrected chi connectivity index (χ4v) is 8.47. The molecule has 4 aromatic carbocycles. The highest BCUT2D eigenvalue weighted by Gasteiger charge is 2.25. The molecule has 0 unspecified atom stereocenters. The van der Waals surface area contributed by atoms with E-state index in [9.17, 15) is 4.79 Å². The number of anilines is 2. The Balaban J connectivity index is 0.000000202. The van der Waals surface area contributed by atoms with Crippen LogP contribution in [0.3, 0.4) is 0 Å². The van der Waals surface area contributed by atoms with E-state index in [0.29, 0.717) is 34.3 Å². The van der Waals surface area contributed by atoms with Gasteiger partial charge < -0.3 is 20.5 Å². The SMILES string of the molecule is COC(=O)c1ccc(C2CCC(CC(=S)Nc3cccc(Cl)c3)CC2)cc1.OCc1ccc(C2CCC(CC(=S)Nc3cccc(Cl)c3)CC2)cc1. The molecule has 0 amide bonds. The molecular formula is C43H48Cl2N2O3S2. The maximum Gasteiger partial charge on any atom is 0.337 e. The van der Waals surface area contributed by atoms with Crippen molar-refractivity contribution in [2.45, 2.75) is 82.7 Å². The number of hydrogen-bond acceptors (Lipinski definition) is 5. The third-order valence-corrected chi connectivity index (χ3v) is 11.3. The Morgan fingerprint density at radius 3 is 1.48 bits per heavy atom. The van der Waals surface area contributed by atoms with E-state index >= 15 is 0 Å². The van der Waals surface area contributed by atoms with Crippen molar-refractivity contribution < 1.29 is 14.6 Å². The van der Waals surface area contributed by atoms with E-state index in [1.807, 2.05) is 72.8 Å². The number of aliphatic hydroxyl groups excluding tert-OH is 1. The highest BCUT2D eigenvalue weighted by atomic mass is 35.5. The van der Waals surface area contributed by atoms with Gasteiger partial charge in [-0.2, -0.15) is 0 Å². The third kappa shape index (κ3) is 12.4. The Hall–Kier alpha value is -3.33. The smallest absolute Gasteiger partial charge is 0.337 e. The zero-order chi connectivity index (χ0) is 36.9. The second-order valence-electron chi connectivity index (χ2n) is 14.0. The van der Waals surface area contributed by atoms with Crippen LogP contribution in [-0.2, 0) is 11.3 Å². The molecule has 0 radical (unpaired) electrons. The monoisotopic (exact) mass is 774 g/mol. The van der Waals surface area contributed by atoms with Crippen LogP contribution in [0.5, 0.6) is 0 Å². The van der Waals surface area contributed by atoms with Gasteiger partial charge >= 0.3 is 5.97 Å². The van der Waals surface area contributed by atoms with E-state index in [0.717, 1.165) is 57.6 Å². The summed E-state index contributed by atoms with van der Waals surface area (Å²) < 4.78 is 4.76. The molecule has 0 atom stereocenters. The molecule has 2 aliphatic carbocycles. The normalized spacial score (nSPS) is 19.8. The first-order chi connectivity index (χ1) is 25.2. The number of thiocarbonyl (C=S) groups is 2. The molecule has 2 saturated carbocycles. The highest BCUT2D eigenvalue weighted by molar-refractivity contribution is 7.80. The lowest BCUT2D eigenvalue weighted by atomic mass is 9.77. The van der Waals surface area contributed by atoms with E-state index in [1.165, 1.54) is 56.8 Å². The van der Waals surface area contributed by atoms with Crippen molar-refractivity contribution in [3.05, 3.63) is 129 Å². The van der Waals surface area contributed by atoms with E-state index in [1.54, 1.807) is 0 Å². The maximum absolute atomic E-state index is 11.5. The topological polar surface area (TPSA) is 70.6 Å². The Morgan fingerprint density at radius 2 is 1.10 bits per heavy atom. The zero-order valence-corrected chi connectivity index (χ0v) is 32.8. The first kappa shape index (κ1) is 39.9. The van der Waals surface area contributed by atoms with E-state index in [-0.39, 0.29) is 12.6 Å². The largest absolute Gasteiger partial charge is 0.465 e. The predicted octanol–water partition coefficient (Wildman–Crippen LogP) is 12.2. The summed E-state index contributed by atoms with van der Waals surface area (Å²) in [4.78, 5) is 13.3. The van der Waals surface area contributed by atoms with Gasteiger partial charge in [0, 0.05) is 34.3 Å². The van der Waals surface area contributed by atoms with Crippen LogP contribution < -0.4 is 10.6 Å². The van der Waals surface area contributed by atoms with Gasteiger partial charge in [0.1, 0.15) is 0 Å². The number of halogens is 2. The minimum absolute atomic E-state index is 0.115. The standard InChI is InChI=1S/C22H24ClNO2S.C21H24ClNOS/c1-26-22(25)18-11-9-17(10-12-18)16-7-5-15(6-8-16)13-21(27)24-20-4-2-3-19(23)14-20;22-19-2-1-3-20(13-19)23-21(25)12-15-4-8-17(9-5-15)18-10-6-16(14-24)7-11-18/h2-4,9-12,14-16H,5-8,13H2,1H3,(H,24,27);1-3,6-7,10-11,13,15,17,24H,4-5,8-9,12,14H2,(H,23,25). The number of benzene rings is 4. The number of ether oxygens (including phenoxy) is 1. The molecule has 6 rings (SSSR count). The van der Waals surface area contributed by atoms with Crippen molar-refractivity contribution in [1.82, 2.24) is 0 Å². The molecule has 0 heterocycles. The van der Waals surface area contributed by atoms with Gasteiger partial charge in [0.25, 0.3) is 0 Å². The summed E-state index contributed by atoms with van der Waals surface area (Å²) in [7, 11) is 1.41. The van der Waals surface area contributed by atoms with Crippen LogP contribution in [0.25, 0.3) is 0 Å². The molecule has 2 aliphatic rings. The van der Waals surface area contributed by atoms with E-state index in [4.69, 9.17) is 57.5 Å². The van der Waals surface area contributed by atoms with Crippen LogP contribution in [0.4, 0.5) is 11.4 Å². The average Bonchev–Trinajstić information content (AvgIpc) is 3.15. The number of aliphatic hydroxyl groups is 1. The third-order valence-electron chi connectivity index (χ3n) is 10.3. The molecule has 0 saturated heterocycles. The minimum atomic E-state index is -0.286. The molecule has 274 valence electrons. The summed E-state index contributed by atoms with van der Waals surface area (Å²) in [5.41, 5.74) is 6.21. The lowest BCUT2D eigenvalue weighted by molar-refractivity contribution is 0.0600. The summed E-state index contributed by atoms with van der Waals surface area (Å²) in [5, 5.41) is 17.2. The Labute approximate surface area is 329 Å². The molecule has 0 aromatic heterocycles. The van der Waals surface area contributed by atoms with Gasteiger partial charge in [0.05, 0.1) is 29.3 Å². The quantitative estimate of drug-likeness (QED) is 0.109. The summed E-state index contributed by atoms with van der Waals surface area (Å²) in [6.45, 7) is 0.115. The first-order valence-corrected chi connectivity index (χ1v) is 19.7. The van der Waals surface area contributed by atoms with Gasteiger partial charge in [-0.15, -0.1) is 0 Å². The molecule has 0 bridgehead atoms. The second-order valence-corrected chi connectivity index (χ2v) is 15.8. The molecular weight excluding hydrogens is 728 g/mol. The van der Waals surface area contributed by atoms with Crippen molar-refractivity contribution >= 4 is 75.0 Å². The Morgan fingerprint density at radius 1 is 0.673 bits per heavy atom. The number of carbonyl (C=O) groups excluding carboxylic acids is 1. The molecule has 2 fully saturated rings. The number of methoxy groups -OCH3 is 1. The van der Waals surface area contributed by atoms with Crippen molar-refractivity contribution in [3.63, 3.8) is 0 Å². The van der Waals surface area contributed by atoms with Gasteiger partial charge in [0.2, 0.25) is 0 Å². The summed E-state index contributed by atoms with van der Waals surface area (Å²) in [5.74, 6) is 2.19. The van der Waals surface area contributed by atoms with Crippen molar-refractivity contribution in [3.8, 4) is 0 Å². The minimum Gasteiger partial charge on any atom is -0.465 e. The maximum atomic E-state index is 11.5. The number of rotatable bonds is 10. The van der Waals surface area contributed by atoms with Gasteiger partial charge in [-0.25, -0.2) is 4.79 Å². The summed E-state index contributed by atoms with van der Waals surface area (Å²) in [6.07, 6.45) is 11.3. The number of hydrogen-bond donors (Lipinski definition) is 3. The van der Waals surface area contributed by atoms with Crippen molar-refractivity contribution in [1.29, 1.82) is 0 Å². The van der Waals surface area contributed by atoms with Crippen LogP contribution in [0, 0.1) is 11.8 Å². The predicted molar refractivity (Wildman–Crippen MR) is 224 cm³/mol. The van der Waals surface area contributed by atoms with Crippen LogP contribution >= 0.6 is 47.6 Å². The Kier molecular flexibility index (Phi) is 15.5. The second kappa shape index (κ2) is 20.2. The fraction of sp³-hybridized carbons (Fsp3) is 0.372. The first-order valence-electron chi connectivity index (χ1n) is 18.2. The van der Waals surface area contributed by atoms with Crippen molar-refractivity contribution in [2.24, 2.45) is 11.8 Å². The van der Waals surface area contributed by atoms with Gasteiger partial charge in [-0.3, -0.25) is 0 Å². The lowest BCUT2D eigenvalue weighted by Crippen LogP contribution is -2.19. The van der Waals surface area contributed by atoms with Crippen LogP contribution in [0.2, 0.25) is 10.0 Å². The van der Waals surface area contributed by atoms with Crippen LogP contribution in [0.1, 0.15) is 103 Å². The van der Waals surface area contributed by atoms with Gasteiger partial charge in [-0.1, -0.05) is 96.2 Å². The number of nitrogens with one attached hydrogen (secondary N) is 2. The highest BCUT2D eigenvalue weighted by Crippen LogP contribution is 2.38. The molecule has 9 heteroatoms. The van der Waals surface area contributed by atoms with E-state index in [2.05, 4.69) is 34.9 Å².